The van der Waals surface area contributed by atoms with E-state index >= 15 is 0 Å². The van der Waals surface area contributed by atoms with Crippen molar-refractivity contribution >= 4 is 23.1 Å². The topological polar surface area (TPSA) is 48.4 Å². The number of nitrogens with zero attached hydrogens (tertiary/aromatic N) is 1. The minimum Gasteiger partial charge on any atom is -0.481 e. The number of methoxy groups -OCH3 is 1. The van der Waals surface area contributed by atoms with Crippen molar-refractivity contribution in [2.75, 3.05) is 7.11 Å². The van der Waals surface area contributed by atoms with Crippen molar-refractivity contribution in [3.8, 4) is 5.88 Å². The van der Waals surface area contributed by atoms with Crippen LogP contribution in [0, 0.1) is 0 Å². The van der Waals surface area contributed by atoms with Gasteiger partial charge in [-0.05, 0) is 36.1 Å². The number of esters is 1. The van der Waals surface area contributed by atoms with Crippen molar-refractivity contribution in [1.82, 2.24) is 4.98 Å². The minimum absolute atomic E-state index is 0.0815. The van der Waals surface area contributed by atoms with E-state index in [9.17, 15) is 4.79 Å². The number of rotatable bonds is 3. The van der Waals surface area contributed by atoms with Gasteiger partial charge in [0.1, 0.15) is 6.10 Å². The monoisotopic (exact) mass is 281 g/mol. The summed E-state index contributed by atoms with van der Waals surface area (Å²) in [6.45, 7) is 1.41. The van der Waals surface area contributed by atoms with Crippen LogP contribution in [0.4, 0.5) is 0 Å². The van der Waals surface area contributed by atoms with Gasteiger partial charge in [0.05, 0.1) is 12.5 Å². The van der Waals surface area contributed by atoms with Gasteiger partial charge < -0.3 is 9.47 Å². The molecule has 0 bridgehead atoms. The summed E-state index contributed by atoms with van der Waals surface area (Å²) in [5.74, 6) is 0.282. The van der Waals surface area contributed by atoms with Gasteiger partial charge >= 0.3 is 5.97 Å². The third-order valence-electron chi connectivity index (χ3n) is 3.00. The molecule has 1 aliphatic rings. The van der Waals surface area contributed by atoms with Gasteiger partial charge in [-0.25, -0.2) is 4.98 Å². The number of hydrogen-bond acceptors (Lipinski definition) is 4. The number of ether oxygens (including phenoxy) is 2. The van der Waals surface area contributed by atoms with E-state index in [1.807, 2.05) is 12.1 Å². The van der Waals surface area contributed by atoms with E-state index in [0.717, 1.165) is 24.0 Å². The van der Waals surface area contributed by atoms with Crippen molar-refractivity contribution in [1.29, 1.82) is 0 Å². The van der Waals surface area contributed by atoms with Crippen LogP contribution in [0.2, 0.25) is 0 Å². The molecule has 0 aliphatic heterocycles. The summed E-state index contributed by atoms with van der Waals surface area (Å²) < 4.78 is 10.2. The zero-order chi connectivity index (χ0) is 13.8. The predicted molar refractivity (Wildman–Crippen MR) is 73.2 cm³/mol. The molecule has 1 heterocycles. The summed E-state index contributed by atoms with van der Waals surface area (Å²) in [5, 5.41) is -0.0815. The summed E-state index contributed by atoms with van der Waals surface area (Å²) in [5.41, 5.74) is 1.88. The molecule has 0 radical (unpaired) electrons. The molecule has 4 nitrogen and oxygen atoms in total. The Morgan fingerprint density at radius 2 is 2.21 bits per heavy atom. The first kappa shape index (κ1) is 13.9. The largest absolute Gasteiger partial charge is 0.481 e. The molecule has 0 saturated heterocycles. The number of hydrogen-bond donors (Lipinski definition) is 0. The highest BCUT2D eigenvalue weighted by molar-refractivity contribution is 6.26. The molecule has 0 N–H and O–H groups in total. The third kappa shape index (κ3) is 3.47. The Morgan fingerprint density at radius 3 is 2.79 bits per heavy atom. The number of carbonyl (C=O) groups is 1. The third-order valence-corrected chi connectivity index (χ3v) is 3.46. The number of aromatic nitrogens is 1. The second-order valence-electron chi connectivity index (χ2n) is 4.40. The molecule has 0 aromatic carbocycles. The number of allylic oxidation sites excluding steroid dienone is 1. The lowest BCUT2D eigenvalue weighted by atomic mass is 9.92. The van der Waals surface area contributed by atoms with Gasteiger partial charge in [-0.1, -0.05) is 0 Å². The Balaban J connectivity index is 2.23. The van der Waals surface area contributed by atoms with Crippen LogP contribution in [-0.4, -0.2) is 29.5 Å². The van der Waals surface area contributed by atoms with Crippen molar-refractivity contribution in [2.45, 2.75) is 31.2 Å². The summed E-state index contributed by atoms with van der Waals surface area (Å²) in [6, 6.07) is 3.69. The number of halogens is 1. The Kier molecular flexibility index (Phi) is 4.43. The van der Waals surface area contributed by atoms with E-state index in [1.165, 1.54) is 6.92 Å². The lowest BCUT2D eigenvalue weighted by molar-refractivity contribution is -0.144. The van der Waals surface area contributed by atoms with E-state index < -0.39 is 0 Å². The van der Waals surface area contributed by atoms with Crippen molar-refractivity contribution < 1.29 is 14.3 Å². The maximum absolute atomic E-state index is 11.0. The fraction of sp³-hybridized carbons (Fsp3) is 0.429. The quantitative estimate of drug-likeness (QED) is 0.631. The second-order valence-corrected chi connectivity index (χ2v) is 4.93. The number of carbonyl (C=O) groups excluding carboxylic acids is 1. The lowest BCUT2D eigenvalue weighted by Gasteiger charge is -2.24. The van der Waals surface area contributed by atoms with Crippen LogP contribution in [0.5, 0.6) is 5.88 Å². The summed E-state index contributed by atoms with van der Waals surface area (Å²) in [6.07, 6.45) is 4.95. The van der Waals surface area contributed by atoms with Gasteiger partial charge in [0, 0.05) is 19.2 Å². The lowest BCUT2D eigenvalue weighted by Crippen LogP contribution is -2.22. The van der Waals surface area contributed by atoms with Crippen LogP contribution in [-0.2, 0) is 9.53 Å². The zero-order valence-electron chi connectivity index (χ0n) is 10.9. The molecule has 2 atom stereocenters. The van der Waals surface area contributed by atoms with E-state index in [0.29, 0.717) is 5.88 Å². The molecule has 0 spiro atoms. The number of alkyl halides is 1. The molecule has 5 heteroatoms. The molecular weight excluding hydrogens is 266 g/mol. The highest BCUT2D eigenvalue weighted by Gasteiger charge is 2.24. The molecule has 0 saturated carbocycles. The Bertz CT molecular complexity index is 484. The van der Waals surface area contributed by atoms with Gasteiger partial charge in [0.25, 0.3) is 0 Å². The highest BCUT2D eigenvalue weighted by atomic mass is 35.5. The van der Waals surface area contributed by atoms with Crippen LogP contribution in [0.3, 0.4) is 0 Å². The first-order valence-electron chi connectivity index (χ1n) is 6.13. The number of pyridine rings is 1. The van der Waals surface area contributed by atoms with E-state index in [1.54, 1.807) is 19.4 Å². The Labute approximate surface area is 117 Å². The summed E-state index contributed by atoms with van der Waals surface area (Å²) >= 11 is 6.32. The molecule has 0 fully saturated rings. The minimum atomic E-state index is -0.276. The summed E-state index contributed by atoms with van der Waals surface area (Å²) in [4.78, 5) is 15.2. The SMILES string of the molecule is COc1ccc(C2=C[C@H](OC(C)=O)CC[C@@H]2Cl)cn1. The maximum atomic E-state index is 11.0. The van der Waals surface area contributed by atoms with Crippen molar-refractivity contribution in [3.63, 3.8) is 0 Å². The fourth-order valence-electron chi connectivity index (χ4n) is 2.11. The second kappa shape index (κ2) is 6.06. The van der Waals surface area contributed by atoms with Crippen LogP contribution >= 0.6 is 11.6 Å². The van der Waals surface area contributed by atoms with Gasteiger partial charge in [0.15, 0.2) is 0 Å². The molecule has 1 aromatic rings. The van der Waals surface area contributed by atoms with Crippen LogP contribution < -0.4 is 4.74 Å². The first-order chi connectivity index (χ1) is 9.10. The van der Waals surface area contributed by atoms with Gasteiger partial charge in [0.2, 0.25) is 5.88 Å². The molecule has 0 amide bonds. The summed E-state index contributed by atoms with van der Waals surface area (Å²) in [7, 11) is 1.57. The van der Waals surface area contributed by atoms with Crippen LogP contribution in [0.1, 0.15) is 25.3 Å². The van der Waals surface area contributed by atoms with Crippen LogP contribution in [0.15, 0.2) is 24.4 Å². The van der Waals surface area contributed by atoms with Gasteiger partial charge in [-0.15, -0.1) is 11.6 Å². The molecular formula is C14H16ClNO3. The zero-order valence-corrected chi connectivity index (χ0v) is 11.7. The molecule has 2 rings (SSSR count). The van der Waals surface area contributed by atoms with E-state index in [2.05, 4.69) is 4.98 Å². The molecule has 0 unspecified atom stereocenters. The standard InChI is InChI=1S/C14H16ClNO3/c1-9(17)19-11-4-5-13(15)12(7-11)10-3-6-14(18-2)16-8-10/h3,6-8,11,13H,4-5H2,1-2H3/t11-,13+/m1/s1. The maximum Gasteiger partial charge on any atom is 0.303 e. The molecule has 102 valence electrons. The highest BCUT2D eigenvalue weighted by Crippen LogP contribution is 2.32. The van der Waals surface area contributed by atoms with Crippen molar-refractivity contribution in [3.05, 3.63) is 30.0 Å². The van der Waals surface area contributed by atoms with Crippen molar-refractivity contribution in [2.24, 2.45) is 0 Å². The molecule has 1 aromatic heterocycles. The molecule has 1 aliphatic carbocycles. The van der Waals surface area contributed by atoms with Crippen LogP contribution in [0.25, 0.3) is 5.57 Å². The average Bonchev–Trinajstić information content (AvgIpc) is 2.40. The smallest absolute Gasteiger partial charge is 0.303 e. The first-order valence-corrected chi connectivity index (χ1v) is 6.57. The van der Waals surface area contributed by atoms with Gasteiger partial charge in [-0.2, -0.15) is 0 Å². The fourth-order valence-corrected chi connectivity index (χ4v) is 2.43. The molecule has 19 heavy (non-hydrogen) atoms. The normalized spacial score (nSPS) is 22.6. The average molecular weight is 282 g/mol. The van der Waals surface area contributed by atoms with E-state index in [-0.39, 0.29) is 17.5 Å². The Morgan fingerprint density at radius 1 is 1.42 bits per heavy atom. The van der Waals surface area contributed by atoms with Gasteiger partial charge in [-0.3, -0.25) is 4.79 Å². The van der Waals surface area contributed by atoms with E-state index in [4.69, 9.17) is 21.1 Å². The Hall–Kier alpha value is -1.55. The predicted octanol–water partition coefficient (Wildman–Crippen LogP) is 2.81.